The normalized spacial score (nSPS) is 11.7. The fraction of sp³-hybridized carbons (Fsp3) is 0.250. The van der Waals surface area contributed by atoms with Crippen molar-refractivity contribution in [3.05, 3.63) is 42.0 Å². The number of nitrogens with two attached hydrogens (primary N) is 1. The minimum atomic E-state index is -3.69. The number of nitrogens with one attached hydrogen (secondary N) is 1. The van der Waals surface area contributed by atoms with E-state index in [-0.39, 0.29) is 17.1 Å². The molecule has 8 heteroatoms. The predicted octanol–water partition coefficient (Wildman–Crippen LogP) is 0.662. The second-order valence-corrected chi connectivity index (χ2v) is 6.12. The molecule has 0 unspecified atom stereocenters. The Kier molecular flexibility index (Phi) is 4.05. The molecule has 0 aliphatic heterocycles. The Labute approximate surface area is 116 Å². The molecule has 0 amide bonds. The molecule has 1 aromatic carbocycles. The van der Waals surface area contributed by atoms with Gasteiger partial charge in [-0.3, -0.25) is 4.68 Å². The van der Waals surface area contributed by atoms with Crippen molar-refractivity contribution < 1.29 is 12.8 Å². The zero-order chi connectivity index (χ0) is 14.8. The molecule has 0 radical (unpaired) electrons. The minimum Gasteiger partial charge on any atom is -0.396 e. The van der Waals surface area contributed by atoms with Crippen LogP contribution in [0.5, 0.6) is 0 Å². The lowest BCUT2D eigenvalue weighted by molar-refractivity contribution is 0.581. The number of nitrogen functional groups attached to an aromatic ring is 1. The Bertz CT molecular complexity index is 712. The Hall–Kier alpha value is -1.93. The van der Waals surface area contributed by atoms with Gasteiger partial charge in [0.05, 0.1) is 16.8 Å². The number of nitrogens with zero attached hydrogens (tertiary/aromatic N) is 2. The third kappa shape index (κ3) is 3.34. The lowest BCUT2D eigenvalue weighted by Gasteiger charge is -2.07. The van der Waals surface area contributed by atoms with Crippen molar-refractivity contribution in [2.45, 2.75) is 11.3 Å². The topological polar surface area (TPSA) is 90.0 Å². The summed E-state index contributed by atoms with van der Waals surface area (Å²) in [5, 5.41) is 3.99. The third-order valence-electron chi connectivity index (χ3n) is 2.74. The molecule has 20 heavy (non-hydrogen) atoms. The maximum Gasteiger partial charge on any atom is 0.240 e. The molecular weight excluding hydrogens is 283 g/mol. The zero-order valence-electron chi connectivity index (χ0n) is 10.9. The number of rotatable bonds is 5. The van der Waals surface area contributed by atoms with E-state index in [9.17, 15) is 12.8 Å². The van der Waals surface area contributed by atoms with E-state index in [1.165, 1.54) is 6.07 Å². The van der Waals surface area contributed by atoms with E-state index < -0.39 is 15.8 Å². The van der Waals surface area contributed by atoms with Crippen LogP contribution in [0.15, 0.2) is 35.5 Å². The average Bonchev–Trinajstić information content (AvgIpc) is 2.78. The summed E-state index contributed by atoms with van der Waals surface area (Å²) < 4.78 is 41.1. The lowest BCUT2D eigenvalue weighted by atomic mass is 10.3. The number of aromatic nitrogens is 2. The van der Waals surface area contributed by atoms with Gasteiger partial charge < -0.3 is 5.73 Å². The molecular formula is C12H15FN4O2S. The van der Waals surface area contributed by atoms with Gasteiger partial charge in [-0.15, -0.1) is 0 Å². The summed E-state index contributed by atoms with van der Waals surface area (Å²) in [5.74, 6) is -0.640. The molecule has 6 nitrogen and oxygen atoms in total. The first-order valence-electron chi connectivity index (χ1n) is 5.91. The average molecular weight is 298 g/mol. The first kappa shape index (κ1) is 14.5. The van der Waals surface area contributed by atoms with Gasteiger partial charge >= 0.3 is 0 Å². The lowest BCUT2D eigenvalue weighted by Crippen LogP contribution is -2.26. The van der Waals surface area contributed by atoms with Crippen LogP contribution in [0.4, 0.5) is 10.1 Å². The highest BCUT2D eigenvalue weighted by Gasteiger charge is 2.15. The Balaban J connectivity index is 2.02. The van der Waals surface area contributed by atoms with E-state index in [2.05, 4.69) is 9.82 Å². The van der Waals surface area contributed by atoms with E-state index in [0.29, 0.717) is 6.42 Å². The summed E-state index contributed by atoms with van der Waals surface area (Å²) in [4.78, 5) is -0.0532. The van der Waals surface area contributed by atoms with Crippen molar-refractivity contribution in [1.82, 2.24) is 14.5 Å². The number of hydrogen-bond donors (Lipinski definition) is 2. The SMILES string of the molecule is Cn1cc(CCNS(=O)(=O)c2ccc(F)c(N)c2)cn1. The summed E-state index contributed by atoms with van der Waals surface area (Å²) >= 11 is 0. The van der Waals surface area contributed by atoms with Crippen LogP contribution in [0.25, 0.3) is 0 Å². The van der Waals surface area contributed by atoms with Crippen LogP contribution in [-0.2, 0) is 23.5 Å². The van der Waals surface area contributed by atoms with Crippen molar-refractivity contribution in [2.24, 2.45) is 7.05 Å². The van der Waals surface area contributed by atoms with Gasteiger partial charge in [0.1, 0.15) is 5.82 Å². The first-order valence-corrected chi connectivity index (χ1v) is 7.39. The maximum absolute atomic E-state index is 13.0. The van der Waals surface area contributed by atoms with Crippen molar-refractivity contribution in [3.63, 3.8) is 0 Å². The summed E-state index contributed by atoms with van der Waals surface area (Å²) in [6.45, 7) is 0.227. The second kappa shape index (κ2) is 5.59. The molecule has 0 saturated carbocycles. The first-order chi connectivity index (χ1) is 9.38. The van der Waals surface area contributed by atoms with Gasteiger partial charge in [0.2, 0.25) is 10.0 Å². The largest absolute Gasteiger partial charge is 0.396 e. The fourth-order valence-electron chi connectivity index (χ4n) is 1.70. The molecule has 0 fully saturated rings. The van der Waals surface area contributed by atoms with Crippen LogP contribution in [0, 0.1) is 5.82 Å². The summed E-state index contributed by atoms with van der Waals surface area (Å²) in [7, 11) is -1.90. The summed E-state index contributed by atoms with van der Waals surface area (Å²) in [5.41, 5.74) is 6.09. The van der Waals surface area contributed by atoms with Crippen molar-refractivity contribution in [2.75, 3.05) is 12.3 Å². The molecule has 2 rings (SSSR count). The van der Waals surface area contributed by atoms with Gasteiger partial charge in [0.15, 0.2) is 0 Å². The van der Waals surface area contributed by atoms with E-state index in [4.69, 9.17) is 5.73 Å². The molecule has 0 saturated heterocycles. The number of aryl methyl sites for hydroxylation is 1. The maximum atomic E-state index is 13.0. The van der Waals surface area contributed by atoms with Crippen LogP contribution >= 0.6 is 0 Å². The number of hydrogen-bond acceptors (Lipinski definition) is 4. The van der Waals surface area contributed by atoms with E-state index in [1.807, 2.05) is 6.20 Å². The molecule has 1 heterocycles. The predicted molar refractivity (Wildman–Crippen MR) is 72.9 cm³/mol. The highest BCUT2D eigenvalue weighted by molar-refractivity contribution is 7.89. The monoisotopic (exact) mass is 298 g/mol. The smallest absolute Gasteiger partial charge is 0.240 e. The van der Waals surface area contributed by atoms with Crippen molar-refractivity contribution >= 4 is 15.7 Å². The Morgan fingerprint density at radius 3 is 2.80 bits per heavy atom. The minimum absolute atomic E-state index is 0.0532. The number of anilines is 1. The molecule has 108 valence electrons. The highest BCUT2D eigenvalue weighted by atomic mass is 32.2. The second-order valence-electron chi connectivity index (χ2n) is 4.35. The van der Waals surface area contributed by atoms with Crippen molar-refractivity contribution in [1.29, 1.82) is 0 Å². The van der Waals surface area contributed by atoms with Gasteiger partial charge in [-0.1, -0.05) is 0 Å². The molecule has 0 aliphatic carbocycles. The van der Waals surface area contributed by atoms with Crippen LogP contribution in [0.1, 0.15) is 5.56 Å². The highest BCUT2D eigenvalue weighted by Crippen LogP contribution is 2.16. The summed E-state index contributed by atoms with van der Waals surface area (Å²) in [6, 6.07) is 3.31. The van der Waals surface area contributed by atoms with Crippen LogP contribution in [-0.4, -0.2) is 24.7 Å². The standard InChI is InChI=1S/C12H15FN4O2S/c1-17-8-9(7-15-17)4-5-16-20(18,19)10-2-3-11(13)12(14)6-10/h2-3,6-8,16H,4-5,14H2,1H3. The quantitative estimate of drug-likeness (QED) is 0.794. The van der Waals surface area contributed by atoms with Crippen LogP contribution in [0.3, 0.4) is 0 Å². The van der Waals surface area contributed by atoms with Crippen LogP contribution < -0.4 is 10.5 Å². The van der Waals surface area contributed by atoms with Gasteiger partial charge in [-0.2, -0.15) is 5.10 Å². The Morgan fingerprint density at radius 2 is 2.20 bits per heavy atom. The van der Waals surface area contributed by atoms with Gasteiger partial charge in [-0.25, -0.2) is 17.5 Å². The number of halogens is 1. The molecule has 0 spiro atoms. The zero-order valence-corrected chi connectivity index (χ0v) is 11.7. The van der Waals surface area contributed by atoms with E-state index in [0.717, 1.165) is 17.7 Å². The third-order valence-corrected chi connectivity index (χ3v) is 4.20. The molecule has 2 aromatic rings. The number of benzene rings is 1. The molecule has 1 aromatic heterocycles. The molecule has 0 aliphatic rings. The van der Waals surface area contributed by atoms with Gasteiger partial charge in [0, 0.05) is 19.8 Å². The Morgan fingerprint density at radius 1 is 1.45 bits per heavy atom. The summed E-state index contributed by atoms with van der Waals surface area (Å²) in [6.07, 6.45) is 4.00. The van der Waals surface area contributed by atoms with E-state index >= 15 is 0 Å². The molecule has 0 atom stereocenters. The van der Waals surface area contributed by atoms with Gasteiger partial charge in [0.25, 0.3) is 0 Å². The number of sulfonamides is 1. The molecule has 0 bridgehead atoms. The van der Waals surface area contributed by atoms with Crippen LogP contribution in [0.2, 0.25) is 0 Å². The van der Waals surface area contributed by atoms with Gasteiger partial charge in [-0.05, 0) is 30.2 Å². The van der Waals surface area contributed by atoms with Crippen molar-refractivity contribution in [3.8, 4) is 0 Å². The fourth-order valence-corrected chi connectivity index (χ4v) is 2.77. The van der Waals surface area contributed by atoms with E-state index in [1.54, 1.807) is 17.9 Å². The molecule has 3 N–H and O–H groups in total.